The summed E-state index contributed by atoms with van der Waals surface area (Å²) in [6, 6.07) is 0. The number of carbonyl (C=O) groups is 1. The topological polar surface area (TPSA) is 55.8 Å². The minimum atomic E-state index is -0.532. The molecule has 1 unspecified atom stereocenters. The average Bonchev–Trinajstić information content (AvgIpc) is 3.29. The summed E-state index contributed by atoms with van der Waals surface area (Å²) in [5.41, 5.74) is 0. The predicted molar refractivity (Wildman–Crippen MR) is 279 cm³/mol. The molecule has 0 rings (SSSR count). The van der Waals surface area contributed by atoms with E-state index in [0.29, 0.717) is 19.6 Å². The van der Waals surface area contributed by atoms with Gasteiger partial charge in [0.2, 0.25) is 0 Å². The highest BCUT2D eigenvalue weighted by Crippen LogP contribution is 2.17. The summed E-state index contributed by atoms with van der Waals surface area (Å²) in [5.74, 6) is -0.194. The number of aliphatic hydroxyl groups excluding tert-OH is 1. The second-order valence-electron chi connectivity index (χ2n) is 19.7. The van der Waals surface area contributed by atoms with Crippen molar-refractivity contribution in [3.63, 3.8) is 0 Å². The zero-order valence-electron chi connectivity index (χ0n) is 43.1. The van der Waals surface area contributed by atoms with Crippen LogP contribution in [0.25, 0.3) is 0 Å². The molecule has 374 valence electrons. The average molecular weight is 888 g/mol. The molecule has 4 nitrogen and oxygen atoms in total. The van der Waals surface area contributed by atoms with Gasteiger partial charge in [-0.1, -0.05) is 295 Å². The van der Waals surface area contributed by atoms with E-state index in [1.807, 2.05) is 0 Å². The molecule has 0 aliphatic carbocycles. The summed E-state index contributed by atoms with van der Waals surface area (Å²) in [6.07, 6.45) is 73.0. The third kappa shape index (κ3) is 55.1. The molecule has 4 heteroatoms. The number of esters is 1. The number of allylic oxidation sites excluding steroid dienone is 4. The molecular formula is C59H114O4. The van der Waals surface area contributed by atoms with Crippen molar-refractivity contribution in [2.75, 3.05) is 19.8 Å². The molecule has 1 N–H and O–H groups in total. The van der Waals surface area contributed by atoms with Crippen LogP contribution < -0.4 is 0 Å². The van der Waals surface area contributed by atoms with Gasteiger partial charge in [0.25, 0.3) is 0 Å². The Morgan fingerprint density at radius 2 is 0.667 bits per heavy atom. The van der Waals surface area contributed by atoms with Gasteiger partial charge >= 0.3 is 5.97 Å². The van der Waals surface area contributed by atoms with E-state index in [1.165, 1.54) is 276 Å². The Balaban J connectivity index is 3.34. The molecule has 0 amide bonds. The SMILES string of the molecule is CCCCCCC/C=C\C/C=C\CCCCCCCCCCCCCCCC(=O)OC(CO)COCCCCCCCCCCCCCCCCCCCCCCCCCCCC. The molecule has 63 heavy (non-hydrogen) atoms. The van der Waals surface area contributed by atoms with Crippen LogP contribution in [0.4, 0.5) is 0 Å². The Hall–Kier alpha value is -1.13. The van der Waals surface area contributed by atoms with E-state index in [0.717, 1.165) is 25.7 Å². The smallest absolute Gasteiger partial charge is 0.306 e. The minimum absolute atomic E-state index is 0.166. The molecule has 0 heterocycles. The van der Waals surface area contributed by atoms with E-state index in [4.69, 9.17) is 9.47 Å². The second-order valence-corrected chi connectivity index (χ2v) is 19.7. The fourth-order valence-corrected chi connectivity index (χ4v) is 8.95. The van der Waals surface area contributed by atoms with Crippen LogP contribution in [0, 0.1) is 0 Å². The van der Waals surface area contributed by atoms with Crippen LogP contribution in [0.5, 0.6) is 0 Å². The van der Waals surface area contributed by atoms with Crippen LogP contribution in [0.15, 0.2) is 24.3 Å². The summed E-state index contributed by atoms with van der Waals surface area (Å²) in [6.45, 7) is 5.40. The maximum absolute atomic E-state index is 12.3. The van der Waals surface area contributed by atoms with Gasteiger partial charge in [-0.05, 0) is 44.9 Å². The lowest BCUT2D eigenvalue weighted by Gasteiger charge is -2.16. The summed E-state index contributed by atoms with van der Waals surface area (Å²) in [5, 5.41) is 9.68. The number of aliphatic hydroxyl groups is 1. The first-order valence-electron chi connectivity index (χ1n) is 28.9. The van der Waals surface area contributed by atoms with E-state index in [1.54, 1.807) is 0 Å². The monoisotopic (exact) mass is 887 g/mol. The maximum atomic E-state index is 12.3. The Kier molecular flexibility index (Phi) is 56.0. The first-order valence-corrected chi connectivity index (χ1v) is 28.9. The van der Waals surface area contributed by atoms with Gasteiger partial charge in [0, 0.05) is 13.0 Å². The van der Waals surface area contributed by atoms with Crippen LogP contribution in [-0.4, -0.2) is 37.0 Å². The van der Waals surface area contributed by atoms with Gasteiger partial charge < -0.3 is 14.6 Å². The number of hydrogen-bond acceptors (Lipinski definition) is 4. The number of rotatable bonds is 55. The molecule has 0 aromatic heterocycles. The van der Waals surface area contributed by atoms with Crippen molar-refractivity contribution < 1.29 is 19.4 Å². The number of unbranched alkanes of at least 4 members (excludes halogenated alkanes) is 43. The summed E-state index contributed by atoms with van der Waals surface area (Å²) in [4.78, 5) is 12.3. The molecule has 0 saturated heterocycles. The molecule has 0 aliphatic rings. The fraction of sp³-hybridized carbons (Fsp3) is 0.915. The molecule has 0 fully saturated rings. The lowest BCUT2D eigenvalue weighted by Crippen LogP contribution is -2.27. The largest absolute Gasteiger partial charge is 0.457 e. The standard InChI is InChI=1S/C59H114O4/c1-3-5-7-9-11-13-15-17-19-21-23-25-27-29-31-33-35-37-39-41-43-45-47-49-51-53-55-62-57-58(56-60)63-59(61)54-52-50-48-46-44-42-40-38-36-34-32-30-28-26-24-22-20-18-16-14-12-10-8-6-4-2/h16,18,22,24,58,60H,3-15,17,19-21,23,25-57H2,1-2H3/b18-16-,24-22-. The van der Waals surface area contributed by atoms with Crippen molar-refractivity contribution in [1.82, 2.24) is 0 Å². The van der Waals surface area contributed by atoms with E-state index in [2.05, 4.69) is 38.2 Å². The van der Waals surface area contributed by atoms with E-state index in [9.17, 15) is 9.90 Å². The normalized spacial score (nSPS) is 12.4. The lowest BCUT2D eigenvalue weighted by molar-refractivity contribution is -0.154. The van der Waals surface area contributed by atoms with Crippen LogP contribution in [-0.2, 0) is 14.3 Å². The van der Waals surface area contributed by atoms with E-state index >= 15 is 0 Å². The van der Waals surface area contributed by atoms with Gasteiger partial charge in [0.1, 0.15) is 6.10 Å². The molecular weight excluding hydrogens is 773 g/mol. The van der Waals surface area contributed by atoms with Crippen LogP contribution in [0.3, 0.4) is 0 Å². The number of carbonyl (C=O) groups excluding carboxylic acids is 1. The van der Waals surface area contributed by atoms with Gasteiger partial charge in [-0.2, -0.15) is 0 Å². The third-order valence-corrected chi connectivity index (χ3v) is 13.3. The van der Waals surface area contributed by atoms with Gasteiger partial charge in [-0.15, -0.1) is 0 Å². The molecule has 0 radical (unpaired) electrons. The molecule has 1 atom stereocenters. The fourth-order valence-electron chi connectivity index (χ4n) is 8.95. The number of ether oxygens (including phenoxy) is 2. The molecule has 0 spiro atoms. The Bertz CT molecular complexity index is 898. The first-order chi connectivity index (χ1) is 31.2. The predicted octanol–water partition coefficient (Wildman–Crippen LogP) is 19.8. The highest BCUT2D eigenvalue weighted by molar-refractivity contribution is 5.69. The van der Waals surface area contributed by atoms with Crippen molar-refractivity contribution in [3.05, 3.63) is 24.3 Å². The maximum Gasteiger partial charge on any atom is 0.306 e. The summed E-state index contributed by atoms with van der Waals surface area (Å²) in [7, 11) is 0. The summed E-state index contributed by atoms with van der Waals surface area (Å²) < 4.78 is 11.3. The second kappa shape index (κ2) is 57.0. The Labute approximate surface area is 396 Å². The van der Waals surface area contributed by atoms with Crippen LogP contribution in [0.2, 0.25) is 0 Å². The Morgan fingerprint density at radius 1 is 0.381 bits per heavy atom. The highest BCUT2D eigenvalue weighted by Gasteiger charge is 2.13. The quantitative estimate of drug-likeness (QED) is 0.0376. The third-order valence-electron chi connectivity index (χ3n) is 13.3. The lowest BCUT2D eigenvalue weighted by atomic mass is 10.0. The van der Waals surface area contributed by atoms with E-state index in [-0.39, 0.29) is 12.6 Å². The van der Waals surface area contributed by atoms with Crippen LogP contribution >= 0.6 is 0 Å². The zero-order valence-corrected chi connectivity index (χ0v) is 43.1. The van der Waals surface area contributed by atoms with Crippen molar-refractivity contribution in [2.24, 2.45) is 0 Å². The molecule has 0 bridgehead atoms. The van der Waals surface area contributed by atoms with Crippen molar-refractivity contribution in [1.29, 1.82) is 0 Å². The molecule has 0 saturated carbocycles. The highest BCUT2D eigenvalue weighted by atomic mass is 16.6. The van der Waals surface area contributed by atoms with E-state index < -0.39 is 6.10 Å². The minimum Gasteiger partial charge on any atom is -0.457 e. The summed E-state index contributed by atoms with van der Waals surface area (Å²) >= 11 is 0. The molecule has 0 aromatic rings. The van der Waals surface area contributed by atoms with Gasteiger partial charge in [0.05, 0.1) is 13.2 Å². The molecule has 0 aliphatic heterocycles. The van der Waals surface area contributed by atoms with Crippen molar-refractivity contribution in [2.45, 2.75) is 328 Å². The van der Waals surface area contributed by atoms with Gasteiger partial charge in [0.15, 0.2) is 0 Å². The first kappa shape index (κ1) is 61.9. The Morgan fingerprint density at radius 3 is 0.984 bits per heavy atom. The zero-order chi connectivity index (χ0) is 45.5. The van der Waals surface area contributed by atoms with Crippen molar-refractivity contribution in [3.8, 4) is 0 Å². The van der Waals surface area contributed by atoms with Gasteiger partial charge in [-0.3, -0.25) is 4.79 Å². The van der Waals surface area contributed by atoms with Crippen molar-refractivity contribution >= 4 is 5.97 Å². The molecule has 0 aromatic carbocycles. The number of hydrogen-bond donors (Lipinski definition) is 1. The van der Waals surface area contributed by atoms with Gasteiger partial charge in [-0.25, -0.2) is 0 Å². The van der Waals surface area contributed by atoms with Crippen LogP contribution in [0.1, 0.15) is 322 Å².